The van der Waals surface area contributed by atoms with Gasteiger partial charge in [-0.2, -0.15) is 5.26 Å². The lowest BCUT2D eigenvalue weighted by molar-refractivity contribution is 0.0947. The van der Waals surface area contributed by atoms with Crippen molar-refractivity contribution in [1.82, 2.24) is 5.32 Å². The minimum absolute atomic E-state index is 0.232. The molecule has 17 heavy (non-hydrogen) atoms. The average molecular weight is 253 g/mol. The third kappa shape index (κ3) is 3.65. The predicted octanol–water partition coefficient (Wildman–Crippen LogP) is 2.24. The van der Waals surface area contributed by atoms with Crippen LogP contribution in [0, 0.1) is 17.2 Å². The van der Waals surface area contributed by atoms with Crippen LogP contribution in [0.15, 0.2) is 18.2 Å². The number of amides is 1. The molecule has 1 N–H and O–H groups in total. The summed E-state index contributed by atoms with van der Waals surface area (Å²) in [6, 6.07) is 6.85. The van der Waals surface area contributed by atoms with Crippen molar-refractivity contribution in [2.45, 2.75) is 6.92 Å². The average Bonchev–Trinajstić information content (AvgIpc) is 2.35. The van der Waals surface area contributed by atoms with Gasteiger partial charge in [-0.25, -0.2) is 0 Å². The van der Waals surface area contributed by atoms with Crippen molar-refractivity contribution in [2.75, 3.05) is 13.7 Å². The lowest BCUT2D eigenvalue weighted by atomic mass is 10.1. The zero-order valence-corrected chi connectivity index (χ0v) is 10.4. The van der Waals surface area contributed by atoms with E-state index < -0.39 is 0 Å². The minimum atomic E-state index is -0.300. The molecule has 90 valence electrons. The molecule has 1 unspecified atom stereocenters. The van der Waals surface area contributed by atoms with Crippen LogP contribution in [0.2, 0.25) is 5.02 Å². The van der Waals surface area contributed by atoms with Gasteiger partial charge in [-0.1, -0.05) is 11.6 Å². The molecule has 0 bridgehead atoms. The largest absolute Gasteiger partial charge is 0.496 e. The Hall–Kier alpha value is -1.73. The highest BCUT2D eigenvalue weighted by Crippen LogP contribution is 2.22. The van der Waals surface area contributed by atoms with Crippen LogP contribution < -0.4 is 10.1 Å². The van der Waals surface area contributed by atoms with E-state index >= 15 is 0 Å². The first-order chi connectivity index (χ1) is 8.08. The number of nitriles is 1. The molecule has 0 aliphatic heterocycles. The summed E-state index contributed by atoms with van der Waals surface area (Å²) in [4.78, 5) is 11.8. The quantitative estimate of drug-likeness (QED) is 0.894. The highest BCUT2D eigenvalue weighted by Gasteiger charge is 2.13. The normalized spacial score (nSPS) is 11.4. The predicted molar refractivity (Wildman–Crippen MR) is 65.1 cm³/mol. The van der Waals surface area contributed by atoms with Gasteiger partial charge in [-0.05, 0) is 25.1 Å². The maximum Gasteiger partial charge on any atom is 0.255 e. The van der Waals surface area contributed by atoms with Crippen molar-refractivity contribution in [3.63, 3.8) is 0 Å². The molecule has 0 spiro atoms. The minimum Gasteiger partial charge on any atom is -0.496 e. The van der Waals surface area contributed by atoms with E-state index in [4.69, 9.17) is 21.6 Å². The van der Waals surface area contributed by atoms with Crippen LogP contribution in [0.5, 0.6) is 5.75 Å². The third-order valence-corrected chi connectivity index (χ3v) is 2.43. The van der Waals surface area contributed by atoms with Crippen molar-refractivity contribution in [3.05, 3.63) is 28.8 Å². The van der Waals surface area contributed by atoms with Crippen LogP contribution in [0.3, 0.4) is 0 Å². The van der Waals surface area contributed by atoms with Gasteiger partial charge in [0.1, 0.15) is 5.75 Å². The van der Waals surface area contributed by atoms with E-state index in [2.05, 4.69) is 5.32 Å². The summed E-state index contributed by atoms with van der Waals surface area (Å²) in [5.74, 6) is -0.0768. The monoisotopic (exact) mass is 252 g/mol. The smallest absolute Gasteiger partial charge is 0.255 e. The number of nitrogens with zero attached hydrogens (tertiary/aromatic N) is 1. The number of benzene rings is 1. The van der Waals surface area contributed by atoms with Crippen molar-refractivity contribution in [1.29, 1.82) is 5.26 Å². The number of rotatable bonds is 4. The highest BCUT2D eigenvalue weighted by atomic mass is 35.5. The van der Waals surface area contributed by atoms with Gasteiger partial charge in [-0.3, -0.25) is 4.79 Å². The van der Waals surface area contributed by atoms with Gasteiger partial charge < -0.3 is 10.1 Å². The molecule has 1 aromatic carbocycles. The molecule has 0 saturated carbocycles. The molecule has 1 atom stereocenters. The van der Waals surface area contributed by atoms with Crippen LogP contribution >= 0.6 is 11.6 Å². The van der Waals surface area contributed by atoms with Gasteiger partial charge in [0.15, 0.2) is 0 Å². The Kier molecular flexibility index (Phi) is 4.80. The first-order valence-electron chi connectivity index (χ1n) is 5.09. The van der Waals surface area contributed by atoms with Gasteiger partial charge in [0.25, 0.3) is 5.91 Å². The number of halogens is 1. The number of hydrogen-bond acceptors (Lipinski definition) is 3. The van der Waals surface area contributed by atoms with Crippen LogP contribution in [0.1, 0.15) is 17.3 Å². The molecular weight excluding hydrogens is 240 g/mol. The summed E-state index contributed by atoms with van der Waals surface area (Å²) in [6.45, 7) is 2.03. The molecule has 1 rings (SSSR count). The fourth-order valence-electron chi connectivity index (χ4n) is 1.24. The zero-order valence-electron chi connectivity index (χ0n) is 9.66. The Bertz CT molecular complexity index is 454. The number of carbonyl (C=O) groups excluding carboxylic acids is 1. The summed E-state index contributed by atoms with van der Waals surface area (Å²) < 4.78 is 5.07. The number of carbonyl (C=O) groups is 1. The van der Waals surface area contributed by atoms with Gasteiger partial charge >= 0.3 is 0 Å². The van der Waals surface area contributed by atoms with E-state index in [0.717, 1.165) is 0 Å². The van der Waals surface area contributed by atoms with Crippen molar-refractivity contribution >= 4 is 17.5 Å². The number of ether oxygens (including phenoxy) is 1. The molecule has 0 aliphatic carbocycles. The molecular formula is C12H13ClN2O2. The van der Waals surface area contributed by atoms with Gasteiger partial charge in [0.05, 0.1) is 24.7 Å². The second-order valence-corrected chi connectivity index (χ2v) is 4.02. The molecule has 1 amide bonds. The topological polar surface area (TPSA) is 62.1 Å². The van der Waals surface area contributed by atoms with Gasteiger partial charge in [0.2, 0.25) is 0 Å². The first-order valence-corrected chi connectivity index (χ1v) is 5.47. The van der Waals surface area contributed by atoms with E-state index in [0.29, 0.717) is 22.9 Å². The third-order valence-electron chi connectivity index (χ3n) is 2.20. The molecule has 0 fully saturated rings. The molecule has 4 nitrogen and oxygen atoms in total. The maximum atomic E-state index is 11.8. The lowest BCUT2D eigenvalue weighted by Gasteiger charge is -2.10. The molecule has 5 heteroatoms. The molecule has 0 heterocycles. The van der Waals surface area contributed by atoms with Crippen molar-refractivity contribution in [3.8, 4) is 11.8 Å². The summed E-state index contributed by atoms with van der Waals surface area (Å²) >= 11 is 5.82. The van der Waals surface area contributed by atoms with E-state index in [-0.39, 0.29) is 11.8 Å². The van der Waals surface area contributed by atoms with Crippen LogP contribution in [0.4, 0.5) is 0 Å². The molecule has 0 aliphatic rings. The summed E-state index contributed by atoms with van der Waals surface area (Å²) in [5, 5.41) is 11.7. The van der Waals surface area contributed by atoms with E-state index in [1.807, 2.05) is 6.07 Å². The Morgan fingerprint density at radius 2 is 2.35 bits per heavy atom. The molecule has 1 aromatic rings. The highest BCUT2D eigenvalue weighted by molar-refractivity contribution is 6.31. The van der Waals surface area contributed by atoms with Crippen molar-refractivity contribution in [2.24, 2.45) is 5.92 Å². The summed E-state index contributed by atoms with van der Waals surface area (Å²) in [5.41, 5.74) is 0.366. The Morgan fingerprint density at radius 1 is 1.65 bits per heavy atom. The van der Waals surface area contributed by atoms with Crippen LogP contribution in [-0.2, 0) is 0 Å². The van der Waals surface area contributed by atoms with Crippen LogP contribution in [-0.4, -0.2) is 19.6 Å². The molecule has 0 saturated heterocycles. The first kappa shape index (κ1) is 13.3. The van der Waals surface area contributed by atoms with Crippen LogP contribution in [0.25, 0.3) is 0 Å². The maximum absolute atomic E-state index is 11.8. The second-order valence-electron chi connectivity index (χ2n) is 3.58. The Labute approximate surface area is 105 Å². The fourth-order valence-corrected chi connectivity index (χ4v) is 1.42. The fraction of sp³-hybridized carbons (Fsp3) is 0.333. The zero-order chi connectivity index (χ0) is 12.8. The number of methoxy groups -OCH3 is 1. The summed E-state index contributed by atoms with van der Waals surface area (Å²) in [6.07, 6.45) is 0. The summed E-state index contributed by atoms with van der Waals surface area (Å²) in [7, 11) is 1.48. The van der Waals surface area contributed by atoms with E-state index in [1.165, 1.54) is 13.2 Å². The second kappa shape index (κ2) is 6.12. The number of hydrogen-bond donors (Lipinski definition) is 1. The standard InChI is InChI=1S/C12H13ClN2O2/c1-8(6-14)7-15-12(16)10-5-9(13)3-4-11(10)17-2/h3-5,8H,7H2,1-2H3,(H,15,16). The number of nitrogens with one attached hydrogen (secondary N) is 1. The molecule has 0 aromatic heterocycles. The Balaban J connectivity index is 2.81. The SMILES string of the molecule is COc1ccc(Cl)cc1C(=O)NCC(C)C#N. The Morgan fingerprint density at radius 3 is 2.94 bits per heavy atom. The van der Waals surface area contributed by atoms with Gasteiger partial charge in [-0.15, -0.1) is 0 Å². The van der Waals surface area contributed by atoms with E-state index in [1.54, 1.807) is 19.1 Å². The molecule has 0 radical (unpaired) electrons. The van der Waals surface area contributed by atoms with E-state index in [9.17, 15) is 4.79 Å². The van der Waals surface area contributed by atoms with Crippen molar-refractivity contribution < 1.29 is 9.53 Å². The van der Waals surface area contributed by atoms with Gasteiger partial charge in [0, 0.05) is 11.6 Å². The lowest BCUT2D eigenvalue weighted by Crippen LogP contribution is -2.28.